The Morgan fingerprint density at radius 1 is 0.825 bits per heavy atom. The second-order valence-corrected chi connectivity index (χ2v) is 16.3. The number of imide groups is 1. The fourth-order valence-electron chi connectivity index (χ4n) is 9.72. The Kier molecular flexibility index (Phi) is 9.84. The molecule has 3 saturated heterocycles. The molecule has 3 amide bonds. The number of benzene rings is 4. The lowest BCUT2D eigenvalue weighted by Crippen LogP contribution is -2.52. The zero-order valence-electron chi connectivity index (χ0n) is 32.1. The molecular weight excluding hydrogens is 729 g/mol. The van der Waals surface area contributed by atoms with Crippen LogP contribution in [0.2, 0.25) is 0 Å². The fourth-order valence-corrected chi connectivity index (χ4v) is 9.72. The molecule has 12 heteroatoms. The predicted molar refractivity (Wildman–Crippen MR) is 212 cm³/mol. The number of phenolic OH excluding ortho intramolecular Hbond substituents is 1. The van der Waals surface area contributed by atoms with E-state index in [1.54, 1.807) is 23.1 Å². The lowest BCUT2D eigenvalue weighted by Gasteiger charge is -2.40. The summed E-state index contributed by atoms with van der Waals surface area (Å²) in [4.78, 5) is 45.5. The van der Waals surface area contributed by atoms with E-state index in [9.17, 15) is 19.5 Å². The summed E-state index contributed by atoms with van der Waals surface area (Å²) >= 11 is 0. The Hall–Kier alpha value is -5.49. The molecule has 1 unspecified atom stereocenters. The SMILES string of the molecule is Cc1cccc(C2COc3cc(O)ccc3[C@H]2c2cc(F)c(N3CCC(CN4CCN(c5ccc6c(c5)CN([C@H]5CCC(=O)NC5=O)C6=O)CC4)CC3)c(F)c2)c1. The largest absolute Gasteiger partial charge is 0.508 e. The first-order valence-corrected chi connectivity index (χ1v) is 20.1. The highest BCUT2D eigenvalue weighted by Crippen LogP contribution is 2.48. The predicted octanol–water partition coefficient (Wildman–Crippen LogP) is 6.09. The third-order valence-electron chi connectivity index (χ3n) is 12.7. The van der Waals surface area contributed by atoms with Crippen molar-refractivity contribution in [3.05, 3.63) is 118 Å². The first-order chi connectivity index (χ1) is 27.6. The first kappa shape index (κ1) is 37.1. The number of hydrogen-bond donors (Lipinski definition) is 2. The van der Waals surface area contributed by atoms with Crippen molar-refractivity contribution in [3.63, 3.8) is 0 Å². The average molecular weight is 776 g/mol. The Labute approximate surface area is 331 Å². The lowest BCUT2D eigenvalue weighted by molar-refractivity contribution is -0.136. The number of piperidine rings is 2. The number of rotatable bonds is 7. The molecule has 0 spiro atoms. The minimum Gasteiger partial charge on any atom is -0.508 e. The number of piperazine rings is 1. The van der Waals surface area contributed by atoms with Crippen LogP contribution in [0.5, 0.6) is 11.5 Å². The molecule has 0 aliphatic carbocycles. The van der Waals surface area contributed by atoms with Gasteiger partial charge in [-0.25, -0.2) is 8.78 Å². The van der Waals surface area contributed by atoms with Crippen molar-refractivity contribution in [3.8, 4) is 11.5 Å². The highest BCUT2D eigenvalue weighted by atomic mass is 19.1. The summed E-state index contributed by atoms with van der Waals surface area (Å²) in [5.41, 5.74) is 6.08. The summed E-state index contributed by atoms with van der Waals surface area (Å²) in [7, 11) is 0. The van der Waals surface area contributed by atoms with E-state index >= 15 is 8.78 Å². The van der Waals surface area contributed by atoms with Crippen molar-refractivity contribution in [2.45, 2.75) is 57.0 Å². The maximum Gasteiger partial charge on any atom is 0.255 e. The molecule has 5 aliphatic heterocycles. The van der Waals surface area contributed by atoms with Crippen LogP contribution in [0.25, 0.3) is 0 Å². The van der Waals surface area contributed by atoms with Crippen molar-refractivity contribution in [1.29, 1.82) is 0 Å². The van der Waals surface area contributed by atoms with Crippen LogP contribution in [0.3, 0.4) is 0 Å². The van der Waals surface area contributed by atoms with Crippen LogP contribution >= 0.6 is 0 Å². The average Bonchev–Trinajstić information content (AvgIpc) is 3.52. The molecule has 296 valence electrons. The molecule has 0 bridgehead atoms. The Bertz CT molecular complexity index is 2210. The highest BCUT2D eigenvalue weighted by molar-refractivity contribution is 6.05. The molecule has 4 aromatic rings. The van der Waals surface area contributed by atoms with Gasteiger partial charge in [-0.3, -0.25) is 24.6 Å². The zero-order valence-corrected chi connectivity index (χ0v) is 32.1. The summed E-state index contributed by atoms with van der Waals surface area (Å²) in [5.74, 6) is -1.49. The minimum absolute atomic E-state index is 0.0344. The monoisotopic (exact) mass is 775 g/mol. The highest BCUT2D eigenvalue weighted by Gasteiger charge is 2.40. The Morgan fingerprint density at radius 2 is 1.60 bits per heavy atom. The van der Waals surface area contributed by atoms with Crippen LogP contribution in [0.1, 0.15) is 75.7 Å². The van der Waals surface area contributed by atoms with Gasteiger partial charge in [-0.1, -0.05) is 35.9 Å². The van der Waals surface area contributed by atoms with Crippen LogP contribution in [-0.2, 0) is 16.1 Å². The smallest absolute Gasteiger partial charge is 0.255 e. The van der Waals surface area contributed by atoms with E-state index in [-0.39, 0.29) is 41.5 Å². The molecule has 5 aliphatic rings. The normalized spacial score (nSPS) is 23.0. The van der Waals surface area contributed by atoms with Gasteiger partial charge in [0.15, 0.2) is 0 Å². The molecule has 3 atom stereocenters. The molecule has 0 aromatic heterocycles. The van der Waals surface area contributed by atoms with Crippen molar-refractivity contribution < 1.29 is 33.0 Å². The number of anilines is 2. The molecular formula is C45H47F2N5O5. The van der Waals surface area contributed by atoms with Gasteiger partial charge in [0.1, 0.15) is 34.9 Å². The van der Waals surface area contributed by atoms with E-state index in [0.717, 1.165) is 73.5 Å². The van der Waals surface area contributed by atoms with Crippen LogP contribution < -0.4 is 19.9 Å². The third-order valence-corrected chi connectivity index (χ3v) is 12.7. The zero-order chi connectivity index (χ0) is 39.4. The number of nitrogens with zero attached hydrogens (tertiary/aromatic N) is 4. The summed E-state index contributed by atoms with van der Waals surface area (Å²) in [6, 6.07) is 21.4. The van der Waals surface area contributed by atoms with E-state index in [2.05, 4.69) is 27.2 Å². The third kappa shape index (κ3) is 7.20. The summed E-state index contributed by atoms with van der Waals surface area (Å²) < 4.78 is 38.4. The summed E-state index contributed by atoms with van der Waals surface area (Å²) in [6.07, 6.45) is 2.26. The summed E-state index contributed by atoms with van der Waals surface area (Å²) in [6.45, 7) is 8.25. The number of hydrogen-bond acceptors (Lipinski definition) is 8. The number of amides is 3. The first-order valence-electron chi connectivity index (χ1n) is 20.1. The number of nitrogens with one attached hydrogen (secondary N) is 1. The quantitative estimate of drug-likeness (QED) is 0.218. The van der Waals surface area contributed by atoms with Crippen molar-refractivity contribution >= 4 is 29.1 Å². The standard InChI is InChI=1S/C45H47F2N5O5/c1-27-3-2-4-29(19-27)36-26-57-40-23-33(53)6-8-35(40)42(36)30-21-37(46)43(38(47)22-30)51-13-11-28(12-14-51)24-49-15-17-50(18-16-49)32-5-7-34-31(20-32)25-52(45(34)56)39-9-10-41(54)48-44(39)55/h2-8,19-23,28,36,39,42,53H,9-18,24-26H2,1H3,(H,48,54,55)/t36?,39-,42+/m0/s1. The second kappa shape index (κ2) is 15.1. The van der Waals surface area contributed by atoms with Gasteiger partial charge in [0, 0.05) is 93.5 Å². The molecule has 2 N–H and O–H groups in total. The topological polar surface area (TPSA) is 106 Å². The number of carbonyl (C=O) groups is 3. The molecule has 5 heterocycles. The van der Waals surface area contributed by atoms with Gasteiger partial charge in [-0.15, -0.1) is 0 Å². The van der Waals surface area contributed by atoms with Gasteiger partial charge in [-0.2, -0.15) is 0 Å². The number of fused-ring (bicyclic) bond motifs is 2. The Morgan fingerprint density at radius 3 is 2.33 bits per heavy atom. The van der Waals surface area contributed by atoms with E-state index < -0.39 is 23.6 Å². The van der Waals surface area contributed by atoms with Crippen LogP contribution in [0, 0.1) is 24.5 Å². The number of halogens is 2. The van der Waals surface area contributed by atoms with Crippen molar-refractivity contribution in [1.82, 2.24) is 15.1 Å². The van der Waals surface area contributed by atoms with E-state index in [1.165, 1.54) is 12.1 Å². The van der Waals surface area contributed by atoms with Crippen LogP contribution in [0.15, 0.2) is 72.8 Å². The molecule has 0 saturated carbocycles. The van der Waals surface area contributed by atoms with E-state index in [1.807, 2.05) is 42.2 Å². The minimum atomic E-state index is -0.628. The lowest BCUT2D eigenvalue weighted by atomic mass is 9.75. The summed E-state index contributed by atoms with van der Waals surface area (Å²) in [5, 5.41) is 12.5. The van der Waals surface area contributed by atoms with Gasteiger partial charge < -0.3 is 24.5 Å². The molecule has 0 radical (unpaired) electrons. The van der Waals surface area contributed by atoms with Gasteiger partial charge in [0.25, 0.3) is 5.91 Å². The number of aromatic hydroxyl groups is 1. The van der Waals surface area contributed by atoms with Gasteiger partial charge >= 0.3 is 0 Å². The second-order valence-electron chi connectivity index (χ2n) is 16.3. The number of aryl methyl sites for hydroxylation is 1. The van der Waals surface area contributed by atoms with Gasteiger partial charge in [0.05, 0.1) is 6.61 Å². The number of ether oxygens (including phenoxy) is 1. The molecule has 3 fully saturated rings. The maximum absolute atomic E-state index is 16.1. The number of phenols is 1. The molecule has 10 nitrogen and oxygen atoms in total. The van der Waals surface area contributed by atoms with Gasteiger partial charge in [-0.05, 0) is 85.2 Å². The van der Waals surface area contributed by atoms with Crippen LogP contribution in [0.4, 0.5) is 20.2 Å². The van der Waals surface area contributed by atoms with E-state index in [4.69, 9.17) is 4.74 Å². The van der Waals surface area contributed by atoms with Crippen molar-refractivity contribution in [2.75, 3.05) is 62.2 Å². The maximum atomic E-state index is 16.1. The molecule has 9 rings (SSSR count). The Balaban J connectivity index is 0.814. The van der Waals surface area contributed by atoms with Crippen LogP contribution in [-0.4, -0.2) is 91.1 Å². The number of carbonyl (C=O) groups excluding carboxylic acids is 3. The molecule has 57 heavy (non-hydrogen) atoms. The van der Waals surface area contributed by atoms with Gasteiger partial charge in [0.2, 0.25) is 11.8 Å². The fraction of sp³-hybridized carbons (Fsp3) is 0.400. The van der Waals surface area contributed by atoms with E-state index in [0.29, 0.717) is 55.5 Å². The van der Waals surface area contributed by atoms with Crippen molar-refractivity contribution in [2.24, 2.45) is 5.92 Å². The molecule has 4 aromatic carbocycles.